The first-order valence-corrected chi connectivity index (χ1v) is 6.79. The Balaban J connectivity index is 2.24. The molecule has 0 fully saturated rings. The Morgan fingerprint density at radius 1 is 1.24 bits per heavy atom. The minimum absolute atomic E-state index is 0.0806. The van der Waals surface area contributed by atoms with Crippen molar-refractivity contribution in [3.05, 3.63) is 57.8 Å². The van der Waals surface area contributed by atoms with Crippen molar-refractivity contribution in [1.29, 1.82) is 0 Å². The summed E-state index contributed by atoms with van der Waals surface area (Å²) in [5.74, 6) is -1.43. The fourth-order valence-corrected chi connectivity index (χ4v) is 2.21. The van der Waals surface area contributed by atoms with E-state index in [1.807, 2.05) is 0 Å². The van der Waals surface area contributed by atoms with E-state index >= 15 is 0 Å². The van der Waals surface area contributed by atoms with E-state index in [2.05, 4.69) is 26.2 Å². The Morgan fingerprint density at radius 2 is 2.00 bits per heavy atom. The van der Waals surface area contributed by atoms with E-state index in [-0.39, 0.29) is 18.0 Å². The molecular weight excluding hydrogens is 338 g/mol. The normalized spacial score (nSPS) is 10.2. The zero-order valence-corrected chi connectivity index (χ0v) is 12.4. The van der Waals surface area contributed by atoms with Crippen molar-refractivity contribution in [2.24, 2.45) is 5.73 Å². The molecule has 0 radical (unpaired) electrons. The molecule has 2 rings (SSSR count). The number of carboxylic acids is 1. The van der Waals surface area contributed by atoms with Crippen LogP contribution in [0.5, 0.6) is 0 Å². The smallest absolute Gasteiger partial charge is 0.335 e. The Morgan fingerprint density at radius 3 is 2.67 bits per heavy atom. The van der Waals surface area contributed by atoms with Gasteiger partial charge in [0, 0.05) is 28.5 Å². The molecule has 0 aliphatic rings. The number of hydrogen-bond donors (Lipinski definition) is 3. The maximum Gasteiger partial charge on any atom is 0.335 e. The molecule has 1 amide bonds. The van der Waals surface area contributed by atoms with Crippen molar-refractivity contribution < 1.29 is 14.7 Å². The molecule has 0 saturated heterocycles. The molecule has 0 bridgehead atoms. The number of benzene rings is 1. The summed E-state index contributed by atoms with van der Waals surface area (Å²) in [5, 5.41) is 11.6. The summed E-state index contributed by atoms with van der Waals surface area (Å²) in [7, 11) is 0. The number of anilines is 1. The van der Waals surface area contributed by atoms with E-state index < -0.39 is 5.97 Å². The number of carboxylic acid groups (broad SMARTS) is 1. The maximum atomic E-state index is 12.1. The van der Waals surface area contributed by atoms with E-state index in [1.165, 1.54) is 18.3 Å². The van der Waals surface area contributed by atoms with Gasteiger partial charge >= 0.3 is 5.97 Å². The van der Waals surface area contributed by atoms with Gasteiger partial charge in [-0.25, -0.2) is 4.79 Å². The summed E-state index contributed by atoms with van der Waals surface area (Å²) in [5.41, 5.74) is 6.95. The zero-order chi connectivity index (χ0) is 15.4. The van der Waals surface area contributed by atoms with Crippen LogP contribution in [0.3, 0.4) is 0 Å². The van der Waals surface area contributed by atoms with Crippen LogP contribution in [0, 0.1) is 0 Å². The number of pyridine rings is 1. The van der Waals surface area contributed by atoms with E-state index in [0.29, 0.717) is 21.4 Å². The summed E-state index contributed by atoms with van der Waals surface area (Å²) in [6.07, 6.45) is 1.50. The predicted octanol–water partition coefficient (Wildman–Crippen LogP) is 2.25. The Bertz CT molecular complexity index is 704. The van der Waals surface area contributed by atoms with Gasteiger partial charge in [-0.05, 0) is 30.3 Å². The summed E-state index contributed by atoms with van der Waals surface area (Å²) in [6, 6.07) is 7.61. The summed E-state index contributed by atoms with van der Waals surface area (Å²) >= 11 is 3.21. The van der Waals surface area contributed by atoms with Gasteiger partial charge < -0.3 is 16.2 Å². The van der Waals surface area contributed by atoms with Crippen molar-refractivity contribution >= 4 is 33.5 Å². The molecule has 0 atom stereocenters. The van der Waals surface area contributed by atoms with Crippen LogP contribution in [-0.4, -0.2) is 22.0 Å². The van der Waals surface area contributed by atoms with Crippen molar-refractivity contribution in [3.63, 3.8) is 0 Å². The summed E-state index contributed by atoms with van der Waals surface area (Å²) in [6.45, 7) is 0.237. The molecule has 1 aromatic heterocycles. The molecule has 0 aliphatic heterocycles. The Labute approximate surface area is 129 Å². The average molecular weight is 350 g/mol. The van der Waals surface area contributed by atoms with Crippen LogP contribution >= 0.6 is 15.9 Å². The first-order chi connectivity index (χ1) is 9.99. The van der Waals surface area contributed by atoms with E-state index in [9.17, 15) is 9.59 Å². The molecule has 6 nitrogen and oxygen atoms in total. The quantitative estimate of drug-likeness (QED) is 0.784. The zero-order valence-electron chi connectivity index (χ0n) is 10.8. The second-order valence-electron chi connectivity index (χ2n) is 4.23. The lowest BCUT2D eigenvalue weighted by atomic mass is 10.1. The van der Waals surface area contributed by atoms with Crippen LogP contribution in [0.15, 0.2) is 41.0 Å². The maximum absolute atomic E-state index is 12.1. The van der Waals surface area contributed by atoms with Crippen LogP contribution in [0.25, 0.3) is 0 Å². The van der Waals surface area contributed by atoms with Gasteiger partial charge in [0.05, 0.1) is 11.3 Å². The Kier molecular flexibility index (Phi) is 4.66. The van der Waals surface area contributed by atoms with Crippen LogP contribution in [0.4, 0.5) is 5.69 Å². The first kappa shape index (κ1) is 15.1. The molecule has 1 aromatic carbocycles. The number of carbonyl (C=O) groups excluding carboxylic acids is 1. The van der Waals surface area contributed by atoms with E-state index in [4.69, 9.17) is 10.8 Å². The number of hydrogen-bond acceptors (Lipinski definition) is 4. The molecule has 7 heteroatoms. The van der Waals surface area contributed by atoms with Gasteiger partial charge in [0.2, 0.25) is 0 Å². The highest BCUT2D eigenvalue weighted by molar-refractivity contribution is 9.10. The second-order valence-corrected chi connectivity index (χ2v) is 5.14. The second kappa shape index (κ2) is 6.47. The monoisotopic (exact) mass is 349 g/mol. The van der Waals surface area contributed by atoms with Crippen molar-refractivity contribution in [2.75, 3.05) is 5.32 Å². The van der Waals surface area contributed by atoms with Crippen molar-refractivity contribution in [2.45, 2.75) is 6.54 Å². The summed E-state index contributed by atoms with van der Waals surface area (Å²) in [4.78, 5) is 27.1. The third kappa shape index (κ3) is 3.87. The molecule has 0 spiro atoms. The third-order valence-corrected chi connectivity index (χ3v) is 3.15. The number of aromatic nitrogens is 1. The first-order valence-electron chi connectivity index (χ1n) is 6.00. The van der Waals surface area contributed by atoms with Crippen molar-refractivity contribution in [1.82, 2.24) is 4.98 Å². The molecule has 4 N–H and O–H groups in total. The molecule has 108 valence electrons. The van der Waals surface area contributed by atoms with Gasteiger partial charge in [0.25, 0.3) is 5.91 Å². The minimum Gasteiger partial charge on any atom is -0.478 e. The lowest BCUT2D eigenvalue weighted by Gasteiger charge is -2.08. The molecule has 1 heterocycles. The molecule has 21 heavy (non-hydrogen) atoms. The SMILES string of the molecule is NCc1cc(C(=O)Nc2cc(Br)cc(C(=O)O)c2)ccn1. The number of rotatable bonds is 4. The van der Waals surface area contributed by atoms with Crippen LogP contribution in [0.2, 0.25) is 0 Å². The van der Waals surface area contributed by atoms with Crippen LogP contribution in [0.1, 0.15) is 26.4 Å². The van der Waals surface area contributed by atoms with E-state index in [0.717, 1.165) is 0 Å². The largest absolute Gasteiger partial charge is 0.478 e. The predicted molar refractivity (Wildman–Crippen MR) is 81.2 cm³/mol. The van der Waals surface area contributed by atoms with Gasteiger partial charge in [0.15, 0.2) is 0 Å². The van der Waals surface area contributed by atoms with Crippen LogP contribution in [-0.2, 0) is 6.54 Å². The van der Waals surface area contributed by atoms with Crippen molar-refractivity contribution in [3.8, 4) is 0 Å². The molecule has 0 saturated carbocycles. The third-order valence-electron chi connectivity index (χ3n) is 2.69. The number of nitrogens with two attached hydrogens (primary N) is 1. The lowest BCUT2D eigenvalue weighted by molar-refractivity contribution is 0.0696. The van der Waals surface area contributed by atoms with E-state index in [1.54, 1.807) is 18.2 Å². The number of nitrogens with zero attached hydrogens (tertiary/aromatic N) is 1. The fourth-order valence-electron chi connectivity index (χ4n) is 1.72. The lowest BCUT2D eigenvalue weighted by Crippen LogP contribution is -2.13. The highest BCUT2D eigenvalue weighted by Crippen LogP contribution is 2.20. The van der Waals surface area contributed by atoms with Gasteiger partial charge in [-0.15, -0.1) is 0 Å². The number of amides is 1. The number of halogens is 1. The highest BCUT2D eigenvalue weighted by Gasteiger charge is 2.10. The standard InChI is InChI=1S/C14H12BrN3O3/c15-10-3-9(14(20)21)5-11(6-10)18-13(19)8-1-2-17-12(4-8)7-16/h1-6H,7,16H2,(H,18,19)(H,20,21). The van der Waals surface area contributed by atoms with Gasteiger partial charge in [0.1, 0.15) is 0 Å². The molecule has 2 aromatic rings. The van der Waals surface area contributed by atoms with Crippen LogP contribution < -0.4 is 11.1 Å². The number of carbonyl (C=O) groups is 2. The topological polar surface area (TPSA) is 105 Å². The molecular formula is C14H12BrN3O3. The van der Waals surface area contributed by atoms with Gasteiger partial charge in [-0.2, -0.15) is 0 Å². The van der Waals surface area contributed by atoms with Gasteiger partial charge in [-0.3, -0.25) is 9.78 Å². The summed E-state index contributed by atoms with van der Waals surface area (Å²) < 4.78 is 0.565. The number of nitrogens with one attached hydrogen (secondary N) is 1. The number of aromatic carboxylic acids is 1. The highest BCUT2D eigenvalue weighted by atomic mass is 79.9. The minimum atomic E-state index is -1.07. The van der Waals surface area contributed by atoms with Gasteiger partial charge in [-0.1, -0.05) is 15.9 Å². The molecule has 0 aliphatic carbocycles. The average Bonchev–Trinajstić information content (AvgIpc) is 2.46. The fraction of sp³-hybridized carbons (Fsp3) is 0.0714. The molecule has 0 unspecified atom stereocenters. The Hall–Kier alpha value is -2.25.